The Hall–Kier alpha value is -1.94. The molecular formula is C22H18S2Si. The van der Waals surface area contributed by atoms with E-state index in [9.17, 15) is 0 Å². The molecule has 0 N–H and O–H groups in total. The molecule has 1 aliphatic rings. The van der Waals surface area contributed by atoms with Gasteiger partial charge in [0.1, 0.15) is 0 Å². The zero-order valence-corrected chi connectivity index (χ0v) is 16.9. The van der Waals surface area contributed by atoms with E-state index >= 15 is 0 Å². The Balaban J connectivity index is 1.91. The lowest BCUT2D eigenvalue weighted by Crippen LogP contribution is -2.72. The monoisotopic (exact) mass is 374 g/mol. The Morgan fingerprint density at radius 1 is 0.560 bits per heavy atom. The number of aryl methyl sites for hydroxylation is 2. The van der Waals surface area contributed by atoms with Crippen molar-refractivity contribution in [3.8, 4) is 9.75 Å². The molecule has 2 aromatic heterocycles. The van der Waals surface area contributed by atoms with Crippen LogP contribution in [0.1, 0.15) is 11.1 Å². The van der Waals surface area contributed by atoms with Crippen LogP contribution in [-0.4, -0.2) is 8.07 Å². The van der Waals surface area contributed by atoms with E-state index in [4.69, 9.17) is 0 Å². The Morgan fingerprint density at radius 3 is 1.36 bits per heavy atom. The first-order valence-electron chi connectivity index (χ1n) is 8.52. The average molecular weight is 375 g/mol. The predicted octanol–water partition coefficient (Wildman–Crippen LogP) is 3.78. The average Bonchev–Trinajstić information content (AvgIpc) is 3.31. The van der Waals surface area contributed by atoms with Crippen LogP contribution in [0.25, 0.3) is 9.75 Å². The van der Waals surface area contributed by atoms with Crippen LogP contribution in [0.4, 0.5) is 0 Å². The maximum atomic E-state index is 2.39. The van der Waals surface area contributed by atoms with Crippen LogP contribution in [-0.2, 0) is 0 Å². The van der Waals surface area contributed by atoms with E-state index in [1.165, 1.54) is 31.3 Å². The van der Waals surface area contributed by atoms with Gasteiger partial charge in [-0.1, -0.05) is 71.8 Å². The largest absolute Gasteiger partial charge is 0.182 e. The van der Waals surface area contributed by atoms with E-state index in [-0.39, 0.29) is 0 Å². The van der Waals surface area contributed by atoms with Crippen LogP contribution in [0.2, 0.25) is 0 Å². The topological polar surface area (TPSA) is 0 Å². The fourth-order valence-corrected chi connectivity index (χ4v) is 12.4. The van der Waals surface area contributed by atoms with Gasteiger partial charge in [-0.2, -0.15) is 0 Å². The smallest absolute Gasteiger partial charge is 0.143 e. The highest BCUT2D eigenvalue weighted by molar-refractivity contribution is 7.33. The third kappa shape index (κ3) is 2.03. The lowest BCUT2D eigenvalue weighted by atomic mass is 10.2. The van der Waals surface area contributed by atoms with Crippen molar-refractivity contribution in [1.82, 2.24) is 0 Å². The second-order valence-corrected chi connectivity index (χ2v) is 12.4. The van der Waals surface area contributed by atoms with Gasteiger partial charge in [0.2, 0.25) is 0 Å². The van der Waals surface area contributed by atoms with Crippen LogP contribution in [0.5, 0.6) is 0 Å². The molecule has 0 saturated carbocycles. The normalized spacial score (nSPS) is 14.3. The zero-order chi connectivity index (χ0) is 17.0. The lowest BCUT2D eigenvalue weighted by molar-refractivity contribution is 1.48. The van der Waals surface area contributed by atoms with Gasteiger partial charge in [0.05, 0.1) is 0 Å². The maximum absolute atomic E-state index is 2.39. The number of fused-ring (bicyclic) bond motifs is 3. The quantitative estimate of drug-likeness (QED) is 0.413. The van der Waals surface area contributed by atoms with Gasteiger partial charge in [0.25, 0.3) is 0 Å². The fourth-order valence-electron chi connectivity index (χ4n) is 4.10. The van der Waals surface area contributed by atoms with Crippen molar-refractivity contribution >= 4 is 51.5 Å². The molecule has 2 aromatic carbocycles. The SMILES string of the molecule is Cc1ccc([Si]2(c3ccc(C)cc3)c3ccsc3-c3sccc32)cc1. The van der Waals surface area contributed by atoms with Crippen LogP contribution in [0, 0.1) is 13.8 Å². The van der Waals surface area contributed by atoms with Gasteiger partial charge < -0.3 is 0 Å². The van der Waals surface area contributed by atoms with Crippen molar-refractivity contribution < 1.29 is 0 Å². The summed E-state index contributed by atoms with van der Waals surface area (Å²) in [5, 5.41) is 10.7. The predicted molar refractivity (Wildman–Crippen MR) is 114 cm³/mol. The summed E-state index contributed by atoms with van der Waals surface area (Å²) < 4.78 is 0. The van der Waals surface area contributed by atoms with Gasteiger partial charge >= 0.3 is 0 Å². The van der Waals surface area contributed by atoms with Gasteiger partial charge in [-0.15, -0.1) is 22.7 Å². The third-order valence-electron chi connectivity index (χ3n) is 5.31. The van der Waals surface area contributed by atoms with Gasteiger partial charge in [0.15, 0.2) is 8.07 Å². The minimum Gasteiger partial charge on any atom is -0.143 e. The summed E-state index contributed by atoms with van der Waals surface area (Å²) in [4.78, 5) is 3.00. The molecule has 0 atom stereocenters. The minimum atomic E-state index is -2.15. The van der Waals surface area contributed by atoms with E-state index in [0.29, 0.717) is 0 Å². The molecule has 0 radical (unpaired) electrons. The van der Waals surface area contributed by atoms with Gasteiger partial charge in [-0.25, -0.2) is 0 Å². The molecule has 0 bridgehead atoms. The molecule has 1 aliphatic heterocycles. The van der Waals surface area contributed by atoms with E-state index in [2.05, 4.69) is 85.3 Å². The molecule has 0 nitrogen and oxygen atoms in total. The molecule has 4 aromatic rings. The van der Waals surface area contributed by atoms with Crippen LogP contribution in [0.3, 0.4) is 0 Å². The molecular weight excluding hydrogens is 356 g/mol. The van der Waals surface area contributed by atoms with Crippen LogP contribution in [0.15, 0.2) is 71.4 Å². The minimum absolute atomic E-state index is 1.32. The Morgan fingerprint density at radius 2 is 0.960 bits per heavy atom. The van der Waals surface area contributed by atoms with Crippen molar-refractivity contribution in [2.75, 3.05) is 0 Å². The summed E-state index contributed by atoms with van der Waals surface area (Å²) >= 11 is 3.80. The van der Waals surface area contributed by atoms with Crippen molar-refractivity contribution in [3.05, 3.63) is 82.6 Å². The molecule has 0 amide bonds. The van der Waals surface area contributed by atoms with Crippen molar-refractivity contribution in [2.24, 2.45) is 0 Å². The Bertz CT molecular complexity index is 964. The number of benzene rings is 2. The van der Waals surface area contributed by atoms with E-state index in [1.807, 2.05) is 22.7 Å². The number of hydrogen-bond acceptors (Lipinski definition) is 2. The zero-order valence-electron chi connectivity index (χ0n) is 14.2. The van der Waals surface area contributed by atoms with E-state index in [1.54, 1.807) is 10.4 Å². The fraction of sp³-hybridized carbons (Fsp3) is 0.0909. The van der Waals surface area contributed by atoms with Gasteiger partial charge in [-0.05, 0) is 45.4 Å². The van der Waals surface area contributed by atoms with Crippen molar-refractivity contribution in [3.63, 3.8) is 0 Å². The molecule has 3 heteroatoms. The standard InChI is InChI=1S/C22H18S2Si/c1-15-3-7-17(8-4-15)25(18-9-5-16(2)6-10-18)19-11-13-23-21(19)22-20(25)12-14-24-22/h3-14H,1-2H3. The number of hydrogen-bond donors (Lipinski definition) is 0. The third-order valence-corrected chi connectivity index (χ3v) is 12.5. The first-order valence-corrected chi connectivity index (χ1v) is 12.3. The summed E-state index contributed by atoms with van der Waals surface area (Å²) in [5.41, 5.74) is 2.65. The molecule has 25 heavy (non-hydrogen) atoms. The van der Waals surface area contributed by atoms with Gasteiger partial charge in [0, 0.05) is 9.75 Å². The summed E-state index contributed by atoms with van der Waals surface area (Å²) in [7, 11) is -2.15. The molecule has 0 saturated heterocycles. The second kappa shape index (κ2) is 5.53. The highest BCUT2D eigenvalue weighted by Gasteiger charge is 2.49. The second-order valence-electron chi connectivity index (χ2n) is 6.81. The first kappa shape index (κ1) is 15.3. The number of rotatable bonds is 2. The van der Waals surface area contributed by atoms with Gasteiger partial charge in [-0.3, -0.25) is 0 Å². The summed E-state index contributed by atoms with van der Waals surface area (Å²) in [6, 6.07) is 23.3. The van der Waals surface area contributed by atoms with Crippen molar-refractivity contribution in [1.29, 1.82) is 0 Å². The van der Waals surface area contributed by atoms with E-state index < -0.39 is 8.07 Å². The maximum Gasteiger partial charge on any atom is 0.182 e. The summed E-state index contributed by atoms with van der Waals surface area (Å²) in [5.74, 6) is 0. The molecule has 122 valence electrons. The molecule has 0 unspecified atom stereocenters. The summed E-state index contributed by atoms with van der Waals surface area (Å²) in [6.07, 6.45) is 0. The highest BCUT2D eigenvalue weighted by atomic mass is 32.1. The molecule has 0 fully saturated rings. The molecule has 0 aliphatic carbocycles. The Kier molecular flexibility index (Phi) is 3.39. The molecule has 3 heterocycles. The molecule has 5 rings (SSSR count). The lowest BCUT2D eigenvalue weighted by Gasteiger charge is -2.30. The van der Waals surface area contributed by atoms with Crippen LogP contribution < -0.4 is 20.7 Å². The number of thiophene rings is 2. The van der Waals surface area contributed by atoms with E-state index in [0.717, 1.165) is 0 Å². The Labute approximate surface area is 157 Å². The molecule has 0 spiro atoms. The first-order chi connectivity index (χ1) is 12.2. The van der Waals surface area contributed by atoms with Crippen LogP contribution >= 0.6 is 22.7 Å². The highest BCUT2D eigenvalue weighted by Crippen LogP contribution is 2.35. The van der Waals surface area contributed by atoms with Crippen molar-refractivity contribution in [2.45, 2.75) is 13.8 Å². The summed E-state index contributed by atoms with van der Waals surface area (Å²) in [6.45, 7) is 4.34.